The topological polar surface area (TPSA) is 0 Å². The number of hydrogen-bond donors (Lipinski definition) is 0. The molecule has 0 radical (unpaired) electrons. The minimum atomic E-state index is 0.356. The molecule has 2 aliphatic carbocycles. The summed E-state index contributed by atoms with van der Waals surface area (Å²) in [7, 11) is 0. The Morgan fingerprint density at radius 1 is 0.800 bits per heavy atom. The predicted octanol–water partition coefficient (Wildman–Crippen LogP) is 7.53. The van der Waals surface area contributed by atoms with E-state index in [9.17, 15) is 0 Å². The summed E-state index contributed by atoms with van der Waals surface area (Å²) < 4.78 is 0. The van der Waals surface area contributed by atoms with Gasteiger partial charge in [0.15, 0.2) is 0 Å². The fourth-order valence-corrected chi connectivity index (χ4v) is 5.09. The second kappa shape index (κ2) is 8.32. The number of fused-ring (bicyclic) bond motifs is 1. The standard InChI is InChI=1S/C30H28/c1-22-28(18-10-13-23-11-4-2-5-12-23)30(24-14-6-3-7-15-24)21-29(22)27-19-25-16-8-9-17-26(25)20-27/h2-9,11-12,14-17,19,21,28-29H,1,10,13,18,20H2. The Labute approximate surface area is 180 Å². The number of aryl methyl sites for hydroxylation is 1. The zero-order chi connectivity index (χ0) is 20.3. The van der Waals surface area contributed by atoms with Crippen molar-refractivity contribution in [3.63, 3.8) is 0 Å². The highest BCUT2D eigenvalue weighted by Gasteiger charge is 2.33. The Morgan fingerprint density at radius 2 is 1.50 bits per heavy atom. The highest BCUT2D eigenvalue weighted by Crippen LogP contribution is 2.47. The minimum Gasteiger partial charge on any atom is -0.0983 e. The van der Waals surface area contributed by atoms with Crippen LogP contribution < -0.4 is 0 Å². The average molecular weight is 389 g/mol. The van der Waals surface area contributed by atoms with Crippen LogP contribution in [0.25, 0.3) is 11.6 Å². The van der Waals surface area contributed by atoms with Crippen molar-refractivity contribution in [1.29, 1.82) is 0 Å². The van der Waals surface area contributed by atoms with Crippen LogP contribution in [0.2, 0.25) is 0 Å². The molecular weight excluding hydrogens is 360 g/mol. The van der Waals surface area contributed by atoms with Crippen LogP contribution >= 0.6 is 0 Å². The Hall–Kier alpha value is -3.12. The monoisotopic (exact) mass is 388 g/mol. The molecule has 0 bridgehead atoms. The number of allylic oxidation sites excluding steroid dienone is 4. The molecule has 0 aliphatic heterocycles. The van der Waals surface area contributed by atoms with Crippen molar-refractivity contribution in [3.8, 4) is 0 Å². The number of benzene rings is 3. The van der Waals surface area contributed by atoms with E-state index in [2.05, 4.69) is 104 Å². The first-order valence-electron chi connectivity index (χ1n) is 11.1. The van der Waals surface area contributed by atoms with E-state index in [1.807, 2.05) is 0 Å². The molecule has 3 aromatic rings. The molecule has 0 fully saturated rings. The van der Waals surface area contributed by atoms with Crippen LogP contribution in [0.4, 0.5) is 0 Å². The lowest BCUT2D eigenvalue weighted by molar-refractivity contribution is 0.627. The molecule has 0 aromatic heterocycles. The highest BCUT2D eigenvalue weighted by atomic mass is 14.4. The molecule has 2 atom stereocenters. The fraction of sp³-hybridized carbons (Fsp3) is 0.200. The first-order valence-corrected chi connectivity index (χ1v) is 11.1. The van der Waals surface area contributed by atoms with Gasteiger partial charge in [-0.3, -0.25) is 0 Å². The van der Waals surface area contributed by atoms with Crippen molar-refractivity contribution in [2.75, 3.05) is 0 Å². The molecule has 5 rings (SSSR count). The Kier molecular flexibility index (Phi) is 5.24. The van der Waals surface area contributed by atoms with Gasteiger partial charge in [0.05, 0.1) is 0 Å². The Balaban J connectivity index is 1.39. The molecule has 0 N–H and O–H groups in total. The molecule has 0 amide bonds. The van der Waals surface area contributed by atoms with E-state index in [1.54, 1.807) is 0 Å². The summed E-state index contributed by atoms with van der Waals surface area (Å²) in [5.74, 6) is 0.792. The van der Waals surface area contributed by atoms with E-state index in [0.717, 1.165) is 19.3 Å². The van der Waals surface area contributed by atoms with Gasteiger partial charge in [-0.15, -0.1) is 0 Å². The van der Waals surface area contributed by atoms with Gasteiger partial charge < -0.3 is 0 Å². The molecule has 2 aliphatic rings. The molecule has 2 unspecified atom stereocenters. The SMILES string of the molecule is C=C1C(C2=Cc3ccccc3C2)C=C(c2ccccc2)C1CCCc1ccccc1. The fourth-order valence-electron chi connectivity index (χ4n) is 5.09. The first kappa shape index (κ1) is 18.9. The van der Waals surface area contributed by atoms with Crippen LogP contribution in [-0.4, -0.2) is 0 Å². The van der Waals surface area contributed by atoms with Gasteiger partial charge in [0.1, 0.15) is 0 Å². The molecule has 30 heavy (non-hydrogen) atoms. The van der Waals surface area contributed by atoms with Crippen LogP contribution in [-0.2, 0) is 12.8 Å². The molecule has 0 heteroatoms. The van der Waals surface area contributed by atoms with E-state index in [1.165, 1.54) is 45.4 Å². The van der Waals surface area contributed by atoms with E-state index in [0.29, 0.717) is 11.8 Å². The summed E-state index contributed by atoms with van der Waals surface area (Å²) in [6.45, 7) is 4.63. The van der Waals surface area contributed by atoms with E-state index >= 15 is 0 Å². The maximum Gasteiger partial charge on any atom is 0.0203 e. The highest BCUT2D eigenvalue weighted by molar-refractivity contribution is 5.77. The Bertz CT molecular complexity index is 1100. The van der Waals surface area contributed by atoms with Gasteiger partial charge in [0.2, 0.25) is 0 Å². The van der Waals surface area contributed by atoms with Crippen molar-refractivity contribution in [2.24, 2.45) is 11.8 Å². The van der Waals surface area contributed by atoms with Gasteiger partial charge in [-0.2, -0.15) is 0 Å². The molecule has 0 nitrogen and oxygen atoms in total. The van der Waals surface area contributed by atoms with Crippen molar-refractivity contribution in [2.45, 2.75) is 25.7 Å². The molecule has 0 spiro atoms. The lowest BCUT2D eigenvalue weighted by Gasteiger charge is -2.20. The van der Waals surface area contributed by atoms with Crippen molar-refractivity contribution in [1.82, 2.24) is 0 Å². The van der Waals surface area contributed by atoms with Gasteiger partial charge in [0.25, 0.3) is 0 Å². The second-order valence-corrected chi connectivity index (χ2v) is 8.57. The van der Waals surface area contributed by atoms with Gasteiger partial charge in [0, 0.05) is 11.8 Å². The van der Waals surface area contributed by atoms with Crippen LogP contribution in [0.1, 0.15) is 35.1 Å². The smallest absolute Gasteiger partial charge is 0.0203 e. The van der Waals surface area contributed by atoms with Gasteiger partial charge >= 0.3 is 0 Å². The summed E-state index contributed by atoms with van der Waals surface area (Å²) >= 11 is 0. The van der Waals surface area contributed by atoms with Crippen LogP contribution in [0, 0.1) is 11.8 Å². The third-order valence-corrected chi connectivity index (χ3v) is 6.67. The van der Waals surface area contributed by atoms with E-state index in [4.69, 9.17) is 0 Å². The number of hydrogen-bond acceptors (Lipinski definition) is 0. The van der Waals surface area contributed by atoms with Gasteiger partial charge in [-0.05, 0) is 53.5 Å². The van der Waals surface area contributed by atoms with Crippen LogP contribution in [0.3, 0.4) is 0 Å². The third kappa shape index (κ3) is 3.71. The number of rotatable bonds is 6. The third-order valence-electron chi connectivity index (χ3n) is 6.67. The summed E-state index contributed by atoms with van der Waals surface area (Å²) in [5, 5.41) is 0. The molecule has 0 saturated heterocycles. The summed E-state index contributed by atoms with van der Waals surface area (Å²) in [5.41, 5.74) is 9.94. The zero-order valence-corrected chi connectivity index (χ0v) is 17.4. The lowest BCUT2D eigenvalue weighted by atomic mass is 9.84. The maximum atomic E-state index is 4.63. The average Bonchev–Trinajstić information content (AvgIpc) is 3.36. The van der Waals surface area contributed by atoms with Gasteiger partial charge in [-0.25, -0.2) is 0 Å². The van der Waals surface area contributed by atoms with E-state index in [-0.39, 0.29) is 0 Å². The van der Waals surface area contributed by atoms with Crippen LogP contribution in [0.5, 0.6) is 0 Å². The minimum absolute atomic E-state index is 0.356. The maximum absolute atomic E-state index is 4.63. The largest absolute Gasteiger partial charge is 0.0983 e. The predicted molar refractivity (Wildman–Crippen MR) is 128 cm³/mol. The lowest BCUT2D eigenvalue weighted by Crippen LogP contribution is -2.08. The molecule has 148 valence electrons. The Morgan fingerprint density at radius 3 is 2.27 bits per heavy atom. The second-order valence-electron chi connectivity index (χ2n) is 8.57. The molecular formula is C30H28. The zero-order valence-electron chi connectivity index (χ0n) is 17.4. The quantitative estimate of drug-likeness (QED) is 0.383. The summed E-state index contributed by atoms with van der Waals surface area (Å²) in [4.78, 5) is 0. The van der Waals surface area contributed by atoms with Crippen molar-refractivity contribution >= 4 is 11.6 Å². The van der Waals surface area contributed by atoms with E-state index < -0.39 is 0 Å². The molecule has 3 aromatic carbocycles. The first-order chi connectivity index (χ1) is 14.8. The van der Waals surface area contributed by atoms with Crippen LogP contribution in [0.15, 0.2) is 109 Å². The summed E-state index contributed by atoms with van der Waals surface area (Å²) in [6, 6.07) is 30.5. The van der Waals surface area contributed by atoms with Crippen molar-refractivity contribution < 1.29 is 0 Å². The van der Waals surface area contributed by atoms with Crippen molar-refractivity contribution in [3.05, 3.63) is 131 Å². The normalized spacial score (nSPS) is 20.1. The summed E-state index contributed by atoms with van der Waals surface area (Å²) in [6.07, 6.45) is 9.43. The molecule has 0 saturated carbocycles. The molecule has 0 heterocycles. The van der Waals surface area contributed by atoms with Gasteiger partial charge in [-0.1, -0.05) is 115 Å².